The minimum atomic E-state index is -1.34. The number of esters is 2. The number of hydrogen-bond donors (Lipinski definition) is 3. The maximum Gasteiger partial charge on any atom is 0.338 e. The van der Waals surface area contributed by atoms with Crippen molar-refractivity contribution in [3.05, 3.63) is 35.9 Å². The van der Waals surface area contributed by atoms with Gasteiger partial charge in [0, 0.05) is 5.54 Å². The molecule has 0 unspecified atom stereocenters. The largest absolute Gasteiger partial charge is 0.469 e. The summed E-state index contributed by atoms with van der Waals surface area (Å²) in [5.74, 6) is 0.530. The summed E-state index contributed by atoms with van der Waals surface area (Å²) in [7, 11) is 1.48. The molecule has 43 heavy (non-hydrogen) atoms. The Morgan fingerprint density at radius 3 is 2.42 bits per heavy atom. The van der Waals surface area contributed by atoms with Crippen molar-refractivity contribution in [3.8, 4) is 0 Å². The van der Waals surface area contributed by atoms with E-state index in [0.717, 1.165) is 57.8 Å². The molecule has 1 aromatic carbocycles. The van der Waals surface area contributed by atoms with E-state index in [0.29, 0.717) is 23.3 Å². The molecular weight excluding hydrogens is 550 g/mol. The van der Waals surface area contributed by atoms with Crippen molar-refractivity contribution in [1.82, 2.24) is 0 Å². The lowest BCUT2D eigenvalue weighted by Gasteiger charge is -2.64. The summed E-state index contributed by atoms with van der Waals surface area (Å²) in [6.07, 6.45) is 3.04. The van der Waals surface area contributed by atoms with Gasteiger partial charge in [-0.1, -0.05) is 32.0 Å². The zero-order valence-electron chi connectivity index (χ0n) is 25.9. The van der Waals surface area contributed by atoms with Crippen LogP contribution in [0.25, 0.3) is 0 Å². The molecule has 9 heteroatoms. The monoisotopic (exact) mass is 599 g/mol. The van der Waals surface area contributed by atoms with E-state index in [1.807, 2.05) is 0 Å². The zero-order chi connectivity index (χ0) is 30.7. The summed E-state index contributed by atoms with van der Waals surface area (Å²) < 4.78 is 23.1. The molecular formula is C34H49NO8. The lowest BCUT2D eigenvalue weighted by molar-refractivity contribution is -0.309. The fourth-order valence-electron chi connectivity index (χ4n) is 10.2. The van der Waals surface area contributed by atoms with Crippen LogP contribution in [0.3, 0.4) is 0 Å². The summed E-state index contributed by atoms with van der Waals surface area (Å²) >= 11 is 0. The predicted octanol–water partition coefficient (Wildman–Crippen LogP) is 3.98. The highest BCUT2D eigenvalue weighted by molar-refractivity contribution is 5.89. The number of aliphatic hydroxyl groups is 2. The van der Waals surface area contributed by atoms with Gasteiger partial charge in [-0.2, -0.15) is 0 Å². The van der Waals surface area contributed by atoms with Crippen LogP contribution >= 0.6 is 0 Å². The van der Waals surface area contributed by atoms with E-state index < -0.39 is 36.7 Å². The molecule has 6 rings (SSSR count). The molecule has 4 saturated carbocycles. The van der Waals surface area contributed by atoms with E-state index in [4.69, 9.17) is 24.7 Å². The number of fused-ring (bicyclic) bond motifs is 5. The third-order valence-corrected chi connectivity index (χ3v) is 12.8. The quantitative estimate of drug-likeness (QED) is 0.339. The van der Waals surface area contributed by atoms with Gasteiger partial charge in [0.2, 0.25) is 0 Å². The van der Waals surface area contributed by atoms with Gasteiger partial charge in [-0.3, -0.25) is 4.79 Å². The number of hydrogen-bond acceptors (Lipinski definition) is 9. The third kappa shape index (κ3) is 4.94. The molecule has 4 N–H and O–H groups in total. The summed E-state index contributed by atoms with van der Waals surface area (Å²) in [6.45, 7) is 6.39. The molecule has 5 aliphatic rings. The number of aliphatic hydroxyl groups excluding tert-OH is 2. The van der Waals surface area contributed by atoms with Gasteiger partial charge in [0.25, 0.3) is 0 Å². The van der Waals surface area contributed by atoms with Crippen molar-refractivity contribution in [1.29, 1.82) is 0 Å². The second-order valence-corrected chi connectivity index (χ2v) is 14.6. The van der Waals surface area contributed by atoms with Crippen LogP contribution < -0.4 is 5.73 Å². The van der Waals surface area contributed by atoms with Gasteiger partial charge in [0.15, 0.2) is 12.4 Å². The predicted molar refractivity (Wildman–Crippen MR) is 158 cm³/mol. The average molecular weight is 600 g/mol. The van der Waals surface area contributed by atoms with Gasteiger partial charge < -0.3 is 34.9 Å². The number of carbonyl (C=O) groups excluding carboxylic acids is 2. The first-order valence-electron chi connectivity index (χ1n) is 16.2. The highest BCUT2D eigenvalue weighted by Gasteiger charge is 2.67. The maximum absolute atomic E-state index is 12.7. The van der Waals surface area contributed by atoms with E-state index in [1.54, 1.807) is 37.3 Å². The van der Waals surface area contributed by atoms with Crippen molar-refractivity contribution >= 4 is 11.9 Å². The summed E-state index contributed by atoms with van der Waals surface area (Å²) in [6, 6.07) is 8.56. The average Bonchev–Trinajstić information content (AvgIpc) is 3.29. The van der Waals surface area contributed by atoms with Gasteiger partial charge in [0.05, 0.1) is 30.8 Å². The molecule has 0 radical (unpaired) electrons. The Morgan fingerprint density at radius 1 is 0.953 bits per heavy atom. The Labute approximate surface area is 254 Å². The molecule has 4 aliphatic carbocycles. The number of ether oxygens (including phenoxy) is 4. The van der Waals surface area contributed by atoms with E-state index in [-0.39, 0.29) is 34.4 Å². The first-order chi connectivity index (χ1) is 20.4. The van der Waals surface area contributed by atoms with Gasteiger partial charge in [-0.15, -0.1) is 0 Å². The second-order valence-electron chi connectivity index (χ2n) is 14.6. The van der Waals surface area contributed by atoms with Crippen LogP contribution in [-0.2, 0) is 23.7 Å². The molecule has 1 aromatic rings. The summed E-state index contributed by atoms with van der Waals surface area (Å²) in [4.78, 5) is 25.3. The van der Waals surface area contributed by atoms with Crippen LogP contribution in [0.2, 0.25) is 0 Å². The molecule has 9 nitrogen and oxygen atoms in total. The fourth-order valence-corrected chi connectivity index (χ4v) is 10.2. The van der Waals surface area contributed by atoms with E-state index in [9.17, 15) is 19.8 Å². The smallest absolute Gasteiger partial charge is 0.338 e. The van der Waals surface area contributed by atoms with Crippen LogP contribution in [0.5, 0.6) is 0 Å². The van der Waals surface area contributed by atoms with Gasteiger partial charge >= 0.3 is 11.9 Å². The van der Waals surface area contributed by atoms with E-state index in [2.05, 4.69) is 13.8 Å². The fraction of sp³-hybridized carbons (Fsp3) is 0.765. The topological polar surface area (TPSA) is 138 Å². The molecule has 0 bridgehead atoms. The molecule has 238 valence electrons. The van der Waals surface area contributed by atoms with Gasteiger partial charge in [-0.25, -0.2) is 4.79 Å². The van der Waals surface area contributed by atoms with Crippen LogP contribution in [0.4, 0.5) is 0 Å². The number of benzene rings is 1. The van der Waals surface area contributed by atoms with Crippen LogP contribution in [0, 0.1) is 34.5 Å². The number of rotatable bonds is 5. The van der Waals surface area contributed by atoms with E-state index in [1.165, 1.54) is 7.11 Å². The first-order valence-corrected chi connectivity index (χ1v) is 16.2. The minimum absolute atomic E-state index is 0.104. The molecule has 1 heterocycles. The van der Waals surface area contributed by atoms with Crippen molar-refractivity contribution in [2.75, 3.05) is 7.11 Å². The molecule has 0 amide bonds. The van der Waals surface area contributed by atoms with Gasteiger partial charge in [0.1, 0.15) is 12.2 Å². The highest BCUT2D eigenvalue weighted by atomic mass is 16.7. The van der Waals surface area contributed by atoms with Crippen molar-refractivity contribution in [3.63, 3.8) is 0 Å². The Morgan fingerprint density at radius 2 is 1.70 bits per heavy atom. The Hall–Kier alpha value is -2.04. The summed E-state index contributed by atoms with van der Waals surface area (Å²) in [5, 5.41) is 21.9. The molecule has 5 fully saturated rings. The maximum atomic E-state index is 12.7. The number of carbonyl (C=O) groups is 2. The molecule has 0 aromatic heterocycles. The van der Waals surface area contributed by atoms with Crippen molar-refractivity contribution < 1.29 is 38.7 Å². The van der Waals surface area contributed by atoms with E-state index >= 15 is 0 Å². The standard InChI is InChI=1S/C34H49NO8/c1-19-28(43-29(38)20-8-6-5-7-9-20)26(36)27(37)31(41-19)42-22-12-15-32(2)21(18-22)10-11-24-23(32)13-16-33(3)25(30(39)40-4)14-17-34(24,33)35/h5-9,19,21-28,31,36-37H,10-18,35H2,1-4H3/t19-,21+,22-,23-,24+,25+,26-,27+,28-,31-,32-,33+,34-/m0/s1. The highest BCUT2D eigenvalue weighted by Crippen LogP contribution is 2.68. The molecule has 13 atom stereocenters. The van der Waals surface area contributed by atoms with Gasteiger partial charge in [-0.05, 0) is 105 Å². The van der Waals surface area contributed by atoms with Crippen molar-refractivity contribution in [2.24, 2.45) is 40.2 Å². The van der Waals surface area contributed by atoms with Crippen LogP contribution in [0.15, 0.2) is 30.3 Å². The Kier molecular flexibility index (Phi) is 8.20. The third-order valence-electron chi connectivity index (χ3n) is 12.8. The van der Waals surface area contributed by atoms with Crippen molar-refractivity contribution in [2.45, 2.75) is 121 Å². The molecule has 1 saturated heterocycles. The lowest BCUT2D eigenvalue weighted by Crippen LogP contribution is -2.67. The SMILES string of the molecule is COC(=O)[C@H]1CC[C@]2(N)[C@@H]3CC[C@@H]4C[C@@H](O[C@@H]5O[C@@H](C)[C@H](OC(=O)c6ccccc6)[C@@H](O)[C@H]5O)CC[C@]4(C)[C@H]3CC[C@]12C. The molecule has 0 spiro atoms. The Balaban J connectivity index is 1.09. The second kappa shape index (κ2) is 11.4. The first kappa shape index (κ1) is 31.0. The number of nitrogens with two attached hydrogens (primary N) is 1. The van der Waals surface area contributed by atoms with Crippen LogP contribution in [0.1, 0.15) is 88.9 Å². The normalized spacial score (nSPS) is 47.5. The number of methoxy groups -OCH3 is 1. The Bertz CT molecular complexity index is 1200. The van der Waals surface area contributed by atoms with Crippen LogP contribution in [-0.4, -0.2) is 71.6 Å². The minimum Gasteiger partial charge on any atom is -0.469 e. The molecule has 1 aliphatic heterocycles. The lowest BCUT2D eigenvalue weighted by atomic mass is 9.42. The zero-order valence-corrected chi connectivity index (χ0v) is 25.9. The summed E-state index contributed by atoms with van der Waals surface area (Å²) in [5.41, 5.74) is 7.27.